The summed E-state index contributed by atoms with van der Waals surface area (Å²) in [5.74, 6) is 0.192. The second kappa shape index (κ2) is 6.03. The molecule has 3 nitrogen and oxygen atoms in total. The first kappa shape index (κ1) is 14.0. The number of nitrogens with one attached hydrogen (secondary N) is 1. The molecule has 0 heterocycles. The predicted octanol–water partition coefficient (Wildman–Crippen LogP) is 2.36. The Kier molecular flexibility index (Phi) is 4.97. The van der Waals surface area contributed by atoms with Crippen molar-refractivity contribution in [3.63, 3.8) is 0 Å². The van der Waals surface area contributed by atoms with Crippen molar-refractivity contribution in [2.75, 3.05) is 6.54 Å². The van der Waals surface area contributed by atoms with Gasteiger partial charge in [-0.1, -0.05) is 31.5 Å². The van der Waals surface area contributed by atoms with E-state index in [-0.39, 0.29) is 11.9 Å². The van der Waals surface area contributed by atoms with Gasteiger partial charge in [-0.25, -0.2) is 0 Å². The van der Waals surface area contributed by atoms with Gasteiger partial charge in [0.2, 0.25) is 0 Å². The van der Waals surface area contributed by atoms with Gasteiger partial charge in [0.05, 0.1) is 0 Å². The standard InChI is InChI=1S/C13H19ClN2O/c1-8(2)12(7-15)16-13(17)11-6-10(14)5-4-9(11)3/h4-6,8,12H,7,15H2,1-3H3,(H,16,17). The molecule has 0 aromatic heterocycles. The number of rotatable bonds is 4. The third kappa shape index (κ3) is 3.72. The second-order valence-corrected chi connectivity index (χ2v) is 4.96. The Balaban J connectivity index is 2.86. The zero-order chi connectivity index (χ0) is 13.0. The highest BCUT2D eigenvalue weighted by Gasteiger charge is 2.16. The summed E-state index contributed by atoms with van der Waals surface area (Å²) in [6.45, 7) is 6.38. The molecule has 1 aromatic carbocycles. The fourth-order valence-electron chi connectivity index (χ4n) is 1.58. The molecule has 3 N–H and O–H groups in total. The van der Waals surface area contributed by atoms with Crippen molar-refractivity contribution >= 4 is 17.5 Å². The predicted molar refractivity (Wildman–Crippen MR) is 71.3 cm³/mol. The van der Waals surface area contributed by atoms with Crippen LogP contribution < -0.4 is 11.1 Å². The minimum absolute atomic E-state index is 0.0131. The first-order chi connectivity index (χ1) is 7.95. The molecule has 94 valence electrons. The zero-order valence-corrected chi connectivity index (χ0v) is 11.2. The number of hydrogen-bond acceptors (Lipinski definition) is 2. The van der Waals surface area contributed by atoms with Gasteiger partial charge in [0.1, 0.15) is 0 Å². The number of carbonyl (C=O) groups is 1. The van der Waals surface area contributed by atoms with Gasteiger partial charge >= 0.3 is 0 Å². The summed E-state index contributed by atoms with van der Waals surface area (Å²) >= 11 is 5.89. The van der Waals surface area contributed by atoms with Crippen LogP contribution in [0.25, 0.3) is 0 Å². The van der Waals surface area contributed by atoms with Crippen LogP contribution in [0.5, 0.6) is 0 Å². The summed E-state index contributed by atoms with van der Waals surface area (Å²) in [4.78, 5) is 12.1. The third-order valence-corrected chi connectivity index (χ3v) is 3.05. The molecule has 1 aromatic rings. The molecule has 0 aliphatic carbocycles. The van der Waals surface area contributed by atoms with Crippen molar-refractivity contribution in [2.24, 2.45) is 11.7 Å². The minimum atomic E-state index is -0.117. The summed E-state index contributed by atoms with van der Waals surface area (Å²) < 4.78 is 0. The number of carbonyl (C=O) groups excluding carboxylic acids is 1. The molecule has 1 atom stereocenters. The molecule has 0 fully saturated rings. The Morgan fingerprint density at radius 3 is 2.65 bits per heavy atom. The Morgan fingerprint density at radius 1 is 1.47 bits per heavy atom. The molecular formula is C13H19ClN2O. The lowest BCUT2D eigenvalue weighted by atomic mass is 10.0. The van der Waals surface area contributed by atoms with Gasteiger partial charge in [0.15, 0.2) is 0 Å². The second-order valence-electron chi connectivity index (χ2n) is 4.52. The molecule has 0 aliphatic heterocycles. The molecular weight excluding hydrogens is 236 g/mol. The highest BCUT2D eigenvalue weighted by Crippen LogP contribution is 2.15. The van der Waals surface area contributed by atoms with E-state index in [1.807, 2.05) is 26.8 Å². The lowest BCUT2D eigenvalue weighted by Gasteiger charge is -2.21. The number of amides is 1. The van der Waals surface area contributed by atoms with Gasteiger partial charge in [-0.3, -0.25) is 4.79 Å². The largest absolute Gasteiger partial charge is 0.348 e. The van der Waals surface area contributed by atoms with E-state index in [1.165, 1.54) is 0 Å². The quantitative estimate of drug-likeness (QED) is 0.867. The van der Waals surface area contributed by atoms with Crippen molar-refractivity contribution in [3.8, 4) is 0 Å². The van der Waals surface area contributed by atoms with E-state index in [1.54, 1.807) is 12.1 Å². The number of halogens is 1. The average Bonchev–Trinajstić information content (AvgIpc) is 2.28. The van der Waals surface area contributed by atoms with Gasteiger partial charge in [0.25, 0.3) is 5.91 Å². The maximum absolute atomic E-state index is 12.1. The number of nitrogens with two attached hydrogens (primary N) is 1. The Morgan fingerprint density at radius 2 is 2.12 bits per heavy atom. The molecule has 1 amide bonds. The van der Waals surface area contributed by atoms with Crippen LogP contribution in [0.3, 0.4) is 0 Å². The smallest absolute Gasteiger partial charge is 0.251 e. The van der Waals surface area contributed by atoms with Crippen LogP contribution in [0.2, 0.25) is 5.02 Å². The Labute approximate surface area is 107 Å². The van der Waals surface area contributed by atoms with E-state index in [4.69, 9.17) is 17.3 Å². The highest BCUT2D eigenvalue weighted by atomic mass is 35.5. The number of aryl methyl sites for hydroxylation is 1. The van der Waals surface area contributed by atoms with E-state index < -0.39 is 0 Å². The van der Waals surface area contributed by atoms with Crippen LogP contribution in [-0.2, 0) is 0 Å². The molecule has 0 aliphatic rings. The van der Waals surface area contributed by atoms with Gasteiger partial charge in [-0.2, -0.15) is 0 Å². The van der Waals surface area contributed by atoms with Crippen molar-refractivity contribution in [2.45, 2.75) is 26.8 Å². The van der Waals surface area contributed by atoms with Gasteiger partial charge in [-0.05, 0) is 30.5 Å². The summed E-state index contributed by atoms with van der Waals surface area (Å²) in [5, 5.41) is 3.49. The van der Waals surface area contributed by atoms with Crippen molar-refractivity contribution in [3.05, 3.63) is 34.3 Å². The van der Waals surface area contributed by atoms with Gasteiger partial charge in [-0.15, -0.1) is 0 Å². The molecule has 0 bridgehead atoms. The summed E-state index contributed by atoms with van der Waals surface area (Å²) in [6, 6.07) is 5.28. The molecule has 0 saturated carbocycles. The lowest BCUT2D eigenvalue weighted by Crippen LogP contribution is -2.43. The normalized spacial score (nSPS) is 12.6. The number of benzene rings is 1. The SMILES string of the molecule is Cc1ccc(Cl)cc1C(=O)NC(CN)C(C)C. The van der Waals surface area contributed by atoms with Crippen LogP contribution in [0.4, 0.5) is 0 Å². The highest BCUT2D eigenvalue weighted by molar-refractivity contribution is 6.31. The average molecular weight is 255 g/mol. The van der Waals surface area contributed by atoms with Crippen molar-refractivity contribution in [1.29, 1.82) is 0 Å². The van der Waals surface area contributed by atoms with E-state index in [2.05, 4.69) is 5.32 Å². The van der Waals surface area contributed by atoms with Crippen LogP contribution in [0, 0.1) is 12.8 Å². The molecule has 0 radical (unpaired) electrons. The van der Waals surface area contributed by atoms with Crippen LogP contribution >= 0.6 is 11.6 Å². The molecule has 0 spiro atoms. The van der Waals surface area contributed by atoms with E-state index >= 15 is 0 Å². The Hall–Kier alpha value is -1.06. The van der Waals surface area contributed by atoms with Gasteiger partial charge < -0.3 is 11.1 Å². The van der Waals surface area contributed by atoms with Crippen LogP contribution in [0.1, 0.15) is 29.8 Å². The first-order valence-corrected chi connectivity index (χ1v) is 6.10. The molecule has 4 heteroatoms. The lowest BCUT2D eigenvalue weighted by molar-refractivity contribution is 0.0927. The number of hydrogen-bond donors (Lipinski definition) is 2. The fourth-order valence-corrected chi connectivity index (χ4v) is 1.75. The third-order valence-electron chi connectivity index (χ3n) is 2.82. The zero-order valence-electron chi connectivity index (χ0n) is 10.5. The van der Waals surface area contributed by atoms with Gasteiger partial charge in [0, 0.05) is 23.2 Å². The van der Waals surface area contributed by atoms with Crippen LogP contribution in [0.15, 0.2) is 18.2 Å². The van der Waals surface area contributed by atoms with E-state index in [0.29, 0.717) is 23.0 Å². The molecule has 1 rings (SSSR count). The maximum Gasteiger partial charge on any atom is 0.251 e. The summed E-state index contributed by atoms with van der Waals surface area (Å²) in [6.07, 6.45) is 0. The van der Waals surface area contributed by atoms with Crippen molar-refractivity contribution < 1.29 is 4.79 Å². The molecule has 1 unspecified atom stereocenters. The fraction of sp³-hybridized carbons (Fsp3) is 0.462. The van der Waals surface area contributed by atoms with E-state index in [0.717, 1.165) is 5.56 Å². The van der Waals surface area contributed by atoms with Crippen LogP contribution in [-0.4, -0.2) is 18.5 Å². The first-order valence-electron chi connectivity index (χ1n) is 5.72. The molecule has 0 saturated heterocycles. The topological polar surface area (TPSA) is 55.1 Å². The summed E-state index contributed by atoms with van der Waals surface area (Å²) in [5.41, 5.74) is 7.14. The van der Waals surface area contributed by atoms with E-state index in [9.17, 15) is 4.79 Å². The summed E-state index contributed by atoms with van der Waals surface area (Å²) in [7, 11) is 0. The van der Waals surface area contributed by atoms with Crippen molar-refractivity contribution in [1.82, 2.24) is 5.32 Å². The Bertz CT molecular complexity index is 404. The maximum atomic E-state index is 12.1. The molecule has 17 heavy (non-hydrogen) atoms. The minimum Gasteiger partial charge on any atom is -0.348 e. The monoisotopic (exact) mass is 254 g/mol.